The van der Waals surface area contributed by atoms with E-state index in [1.807, 2.05) is 12.1 Å². The van der Waals surface area contributed by atoms with Crippen molar-refractivity contribution in [2.75, 3.05) is 18.6 Å². The summed E-state index contributed by atoms with van der Waals surface area (Å²) in [5, 5.41) is 10.4. The molecular formula is C36H30Cl2N2O7. The van der Waals surface area contributed by atoms with Crippen LogP contribution in [0.25, 0.3) is 0 Å². The number of benzene rings is 3. The van der Waals surface area contributed by atoms with Gasteiger partial charge in [0.1, 0.15) is 0 Å². The summed E-state index contributed by atoms with van der Waals surface area (Å²) < 4.78 is 5.62. The summed E-state index contributed by atoms with van der Waals surface area (Å²) in [6.45, 7) is 2.02. The van der Waals surface area contributed by atoms with Gasteiger partial charge < -0.3 is 9.84 Å². The first-order valence-electron chi connectivity index (χ1n) is 15.4. The number of aromatic hydroxyl groups is 1. The number of phenols is 1. The van der Waals surface area contributed by atoms with Gasteiger partial charge in [0.05, 0.1) is 24.1 Å². The number of carbonyl (C=O) groups is 5. The summed E-state index contributed by atoms with van der Waals surface area (Å²) in [6.07, 6.45) is 1.91. The third-order valence-corrected chi connectivity index (χ3v) is 11.5. The average molecular weight is 674 g/mol. The van der Waals surface area contributed by atoms with Gasteiger partial charge in [0.15, 0.2) is 27.0 Å². The number of amides is 4. The van der Waals surface area contributed by atoms with Crippen molar-refractivity contribution in [3.8, 4) is 11.5 Å². The highest BCUT2D eigenvalue weighted by Crippen LogP contribution is 2.65. The molecule has 6 atom stereocenters. The third-order valence-electron chi connectivity index (χ3n) is 10.1. The van der Waals surface area contributed by atoms with Crippen LogP contribution in [0.1, 0.15) is 47.2 Å². The van der Waals surface area contributed by atoms with Crippen molar-refractivity contribution < 1.29 is 33.8 Å². The minimum Gasteiger partial charge on any atom is -0.504 e. The average Bonchev–Trinajstić information content (AvgIpc) is 3.40. The van der Waals surface area contributed by atoms with Crippen molar-refractivity contribution in [1.29, 1.82) is 0 Å². The van der Waals surface area contributed by atoms with Gasteiger partial charge in [-0.3, -0.25) is 33.8 Å². The van der Waals surface area contributed by atoms with E-state index < -0.39 is 57.0 Å². The molecule has 1 N–H and O–H groups in total. The van der Waals surface area contributed by atoms with Gasteiger partial charge in [-0.2, -0.15) is 0 Å². The zero-order valence-corrected chi connectivity index (χ0v) is 27.0. The predicted octanol–water partition coefficient (Wildman–Crippen LogP) is 5.22. The molecule has 2 aliphatic heterocycles. The summed E-state index contributed by atoms with van der Waals surface area (Å²) in [5.41, 5.74) is 2.36. The second-order valence-corrected chi connectivity index (χ2v) is 13.7. The monoisotopic (exact) mass is 672 g/mol. The minimum atomic E-state index is -1.94. The van der Waals surface area contributed by atoms with Gasteiger partial charge in [0.2, 0.25) is 11.8 Å². The van der Waals surface area contributed by atoms with E-state index in [0.29, 0.717) is 28.0 Å². The first-order valence-corrected chi connectivity index (χ1v) is 16.1. The van der Waals surface area contributed by atoms with Gasteiger partial charge >= 0.3 is 0 Å². The molecule has 0 bridgehead atoms. The van der Waals surface area contributed by atoms with Crippen LogP contribution in [0.5, 0.6) is 11.5 Å². The van der Waals surface area contributed by atoms with Crippen LogP contribution in [-0.4, -0.2) is 62.8 Å². The molecule has 2 saturated heterocycles. The number of hydrogen-bond acceptors (Lipinski definition) is 7. The van der Waals surface area contributed by atoms with Crippen LogP contribution >= 0.6 is 23.2 Å². The molecular weight excluding hydrogens is 643 g/mol. The number of carbonyl (C=O) groups excluding carboxylic acids is 5. The van der Waals surface area contributed by atoms with E-state index in [1.165, 1.54) is 13.1 Å². The molecule has 240 valence electrons. The van der Waals surface area contributed by atoms with Crippen LogP contribution in [0.3, 0.4) is 0 Å². The van der Waals surface area contributed by atoms with Crippen LogP contribution in [0, 0.1) is 17.8 Å². The van der Waals surface area contributed by atoms with Crippen LogP contribution in [0.4, 0.5) is 5.69 Å². The maximum Gasteiger partial charge on any atom is 0.253 e. The van der Waals surface area contributed by atoms with Gasteiger partial charge in [-0.25, -0.2) is 0 Å². The standard InChI is InChI=1S/C36H30Cl2N2O7/c1-3-47-27-17-21(11-16-26(27)41)29-23-14-15-24-28(25(23)18-35(37)33(45)39(2)34(46)36(29,35)38)32(44)40(31(24)43)22-12-9-20(10-13-22)30(42)19-7-5-4-6-8-19/h4-14,16-17,24-25,28-29,41H,3,15,18H2,1-2H3/t24-,25+,28-,29-,35+,36-/m0/s1. The van der Waals surface area contributed by atoms with E-state index in [4.69, 9.17) is 27.9 Å². The van der Waals surface area contributed by atoms with Crippen LogP contribution in [-0.2, 0) is 19.2 Å². The highest BCUT2D eigenvalue weighted by atomic mass is 35.5. The number of imide groups is 2. The predicted molar refractivity (Wildman–Crippen MR) is 174 cm³/mol. The molecule has 0 unspecified atom stereocenters. The van der Waals surface area contributed by atoms with E-state index in [1.54, 1.807) is 67.6 Å². The molecule has 9 nitrogen and oxygen atoms in total. The Bertz CT molecular complexity index is 1890. The molecule has 0 spiro atoms. The number of fused-ring (bicyclic) bond motifs is 4. The third kappa shape index (κ3) is 4.32. The van der Waals surface area contributed by atoms with Crippen LogP contribution in [0.15, 0.2) is 84.4 Å². The SMILES string of the molecule is CCOc1cc([C@H]2C3=CC[C@@H]4C(=O)N(c5ccc(C(=O)c6ccccc6)cc5)C(=O)[C@@H]4[C@@H]3C[C@@]3(Cl)C(=O)N(C)C(=O)[C@@]23Cl)ccc1O. The topological polar surface area (TPSA) is 121 Å². The molecule has 0 radical (unpaired) electrons. The molecule has 7 rings (SSSR count). The number of allylic oxidation sites excluding steroid dienone is 2. The second-order valence-electron chi connectivity index (χ2n) is 12.4. The number of anilines is 1. The lowest BCUT2D eigenvalue weighted by atomic mass is 9.56. The summed E-state index contributed by atoms with van der Waals surface area (Å²) in [6, 6.07) is 19.7. The maximum absolute atomic E-state index is 14.3. The summed E-state index contributed by atoms with van der Waals surface area (Å²) in [4.78, 5) is 66.8. The number of halogens is 2. The molecule has 3 fully saturated rings. The molecule has 11 heteroatoms. The van der Waals surface area contributed by atoms with Crippen molar-refractivity contribution in [3.05, 3.63) is 101 Å². The Kier molecular flexibility index (Phi) is 7.33. The van der Waals surface area contributed by atoms with Gasteiger partial charge in [0, 0.05) is 24.1 Å². The fraction of sp³-hybridized carbons (Fsp3) is 0.306. The summed E-state index contributed by atoms with van der Waals surface area (Å²) >= 11 is 14.5. The lowest BCUT2D eigenvalue weighted by molar-refractivity contribution is -0.138. The summed E-state index contributed by atoms with van der Waals surface area (Å²) in [7, 11) is 1.33. The quantitative estimate of drug-likeness (QED) is 0.165. The van der Waals surface area contributed by atoms with Crippen molar-refractivity contribution in [3.63, 3.8) is 0 Å². The molecule has 4 amide bonds. The molecule has 3 aromatic rings. The van der Waals surface area contributed by atoms with Crippen molar-refractivity contribution in [2.24, 2.45) is 17.8 Å². The lowest BCUT2D eigenvalue weighted by Crippen LogP contribution is -2.60. The number of alkyl halides is 2. The van der Waals surface area contributed by atoms with E-state index in [9.17, 15) is 29.1 Å². The highest BCUT2D eigenvalue weighted by molar-refractivity contribution is 6.53. The normalized spacial score (nSPS) is 29.7. The Morgan fingerprint density at radius 3 is 2.28 bits per heavy atom. The number of ether oxygens (including phenoxy) is 1. The number of ketones is 1. The molecule has 3 aromatic carbocycles. The van der Waals surface area contributed by atoms with E-state index in [0.717, 1.165) is 9.80 Å². The van der Waals surface area contributed by atoms with E-state index >= 15 is 0 Å². The van der Waals surface area contributed by atoms with E-state index in [2.05, 4.69) is 0 Å². The summed E-state index contributed by atoms with van der Waals surface area (Å²) in [5.74, 6) is -5.60. The van der Waals surface area contributed by atoms with Gasteiger partial charge in [-0.05, 0) is 67.6 Å². The Morgan fingerprint density at radius 2 is 1.60 bits per heavy atom. The Hall–Kier alpha value is -4.47. The van der Waals surface area contributed by atoms with Crippen LogP contribution < -0.4 is 9.64 Å². The van der Waals surface area contributed by atoms with Gasteiger partial charge in [-0.15, -0.1) is 23.2 Å². The smallest absolute Gasteiger partial charge is 0.253 e. The Balaban J connectivity index is 1.28. The van der Waals surface area contributed by atoms with E-state index in [-0.39, 0.29) is 36.7 Å². The van der Waals surface area contributed by atoms with Crippen molar-refractivity contribution in [2.45, 2.75) is 35.4 Å². The number of phenolic OH excluding ortho intramolecular Hbond substituents is 1. The van der Waals surface area contributed by atoms with Gasteiger partial charge in [0.25, 0.3) is 11.8 Å². The number of rotatable bonds is 6. The maximum atomic E-state index is 14.3. The molecule has 4 aliphatic rings. The molecule has 47 heavy (non-hydrogen) atoms. The van der Waals surface area contributed by atoms with Crippen LogP contribution in [0.2, 0.25) is 0 Å². The number of likely N-dealkylation sites (tertiary alicyclic amines) is 1. The van der Waals surface area contributed by atoms with Gasteiger partial charge in [-0.1, -0.05) is 48.0 Å². The zero-order valence-electron chi connectivity index (χ0n) is 25.5. The second kappa shape index (κ2) is 11.1. The first kappa shape index (κ1) is 31.1. The Labute approximate surface area is 280 Å². The Morgan fingerprint density at radius 1 is 0.915 bits per heavy atom. The molecule has 0 aromatic heterocycles. The largest absolute Gasteiger partial charge is 0.504 e. The first-order chi connectivity index (χ1) is 22.4. The number of hydrogen-bond donors (Lipinski definition) is 1. The fourth-order valence-corrected chi connectivity index (χ4v) is 8.89. The molecule has 2 heterocycles. The minimum absolute atomic E-state index is 0.115. The zero-order chi connectivity index (χ0) is 33.4. The molecule has 1 saturated carbocycles. The fourth-order valence-electron chi connectivity index (χ4n) is 7.87. The highest BCUT2D eigenvalue weighted by Gasteiger charge is 2.75. The number of nitrogens with zero attached hydrogens (tertiary/aromatic N) is 2. The molecule has 2 aliphatic carbocycles. The van der Waals surface area contributed by atoms with Crippen molar-refractivity contribution >= 4 is 58.3 Å². The van der Waals surface area contributed by atoms with Crippen molar-refractivity contribution in [1.82, 2.24) is 4.90 Å². The lowest BCUT2D eigenvalue weighted by Gasteiger charge is -2.50.